The number of sulfonamides is 1. The molecule has 0 atom stereocenters. The van der Waals surface area contributed by atoms with Gasteiger partial charge < -0.3 is 4.42 Å². The van der Waals surface area contributed by atoms with Crippen LogP contribution < -0.4 is 10.5 Å². The van der Waals surface area contributed by atoms with E-state index in [0.717, 1.165) is 0 Å². The molecule has 3 aromatic rings. The molecule has 0 spiro atoms. The van der Waals surface area contributed by atoms with Gasteiger partial charge in [-0.2, -0.15) is 0 Å². The first-order valence-electron chi connectivity index (χ1n) is 5.87. The minimum absolute atomic E-state index is 0.0351. The fourth-order valence-corrected chi connectivity index (χ4v) is 2.79. The smallest absolute Gasteiger partial charge is 0.408 e. The molecule has 0 bridgehead atoms. The fraction of sp³-hybridized carbons (Fsp3) is 0.0833. The van der Waals surface area contributed by atoms with Crippen molar-refractivity contribution in [2.24, 2.45) is 7.05 Å². The second-order valence-electron chi connectivity index (χ2n) is 4.23. The summed E-state index contributed by atoms with van der Waals surface area (Å²) in [4.78, 5) is 18.9. The van der Waals surface area contributed by atoms with Gasteiger partial charge in [-0.05, 0) is 18.2 Å². The van der Waals surface area contributed by atoms with Crippen molar-refractivity contribution in [3.8, 4) is 0 Å². The van der Waals surface area contributed by atoms with Gasteiger partial charge in [-0.1, -0.05) is 0 Å². The summed E-state index contributed by atoms with van der Waals surface area (Å²) < 4.78 is 32.9. The van der Waals surface area contributed by atoms with Gasteiger partial charge in [0.05, 0.1) is 10.4 Å². The zero-order valence-corrected chi connectivity index (χ0v) is 11.7. The molecule has 108 valence electrons. The van der Waals surface area contributed by atoms with Gasteiger partial charge in [0.25, 0.3) is 10.0 Å². The van der Waals surface area contributed by atoms with E-state index in [9.17, 15) is 13.2 Å². The van der Waals surface area contributed by atoms with Crippen molar-refractivity contribution in [2.45, 2.75) is 4.90 Å². The Morgan fingerprint density at radius 1 is 1.24 bits per heavy atom. The molecule has 0 saturated carbocycles. The number of aryl methyl sites for hydroxylation is 1. The Morgan fingerprint density at radius 2 is 1.95 bits per heavy atom. The topological polar surface area (TPSA) is 107 Å². The molecule has 21 heavy (non-hydrogen) atoms. The number of aromatic nitrogens is 3. The molecule has 0 aliphatic carbocycles. The Bertz CT molecular complexity index is 960. The molecule has 1 N–H and O–H groups in total. The highest BCUT2D eigenvalue weighted by atomic mass is 32.2. The van der Waals surface area contributed by atoms with E-state index in [4.69, 9.17) is 4.42 Å². The van der Waals surface area contributed by atoms with Crippen molar-refractivity contribution in [3.63, 3.8) is 0 Å². The lowest BCUT2D eigenvalue weighted by molar-refractivity contribution is 0.527. The zero-order chi connectivity index (χ0) is 15.0. The summed E-state index contributed by atoms with van der Waals surface area (Å²) in [5, 5.41) is 0. The first-order chi connectivity index (χ1) is 9.97. The van der Waals surface area contributed by atoms with Crippen LogP contribution in [0.5, 0.6) is 0 Å². The number of nitrogens with one attached hydrogen (secondary N) is 1. The number of fused-ring (bicyclic) bond motifs is 1. The van der Waals surface area contributed by atoms with Crippen LogP contribution in [0.3, 0.4) is 0 Å². The Kier molecular flexibility index (Phi) is 2.98. The predicted molar refractivity (Wildman–Crippen MR) is 74.3 cm³/mol. The lowest BCUT2D eigenvalue weighted by Gasteiger charge is -2.05. The van der Waals surface area contributed by atoms with Crippen LogP contribution in [0.25, 0.3) is 11.1 Å². The van der Waals surface area contributed by atoms with Gasteiger partial charge in [-0.25, -0.2) is 27.9 Å². The monoisotopic (exact) mass is 306 g/mol. The SMILES string of the molecule is Cn1c(=O)oc2cc(S(=O)(=O)Nc3ncccn3)ccc21. The van der Waals surface area contributed by atoms with Gasteiger partial charge in [-0.3, -0.25) is 4.57 Å². The number of hydrogen-bond donors (Lipinski definition) is 1. The normalized spacial score (nSPS) is 11.7. The lowest BCUT2D eigenvalue weighted by atomic mass is 10.3. The maximum Gasteiger partial charge on any atom is 0.419 e. The third-order valence-electron chi connectivity index (χ3n) is 2.87. The molecule has 2 heterocycles. The van der Waals surface area contributed by atoms with E-state index in [0.29, 0.717) is 5.52 Å². The molecule has 9 heteroatoms. The van der Waals surface area contributed by atoms with Gasteiger partial charge in [0.1, 0.15) is 0 Å². The number of anilines is 1. The molecule has 8 nitrogen and oxygen atoms in total. The minimum Gasteiger partial charge on any atom is -0.408 e. The van der Waals surface area contributed by atoms with Crippen LogP contribution >= 0.6 is 0 Å². The van der Waals surface area contributed by atoms with Gasteiger partial charge >= 0.3 is 5.76 Å². The highest BCUT2D eigenvalue weighted by Crippen LogP contribution is 2.19. The molecule has 2 aromatic heterocycles. The third-order valence-corrected chi connectivity index (χ3v) is 4.19. The number of rotatable bonds is 3. The Morgan fingerprint density at radius 3 is 2.67 bits per heavy atom. The van der Waals surface area contributed by atoms with Crippen molar-refractivity contribution in [3.05, 3.63) is 47.2 Å². The van der Waals surface area contributed by atoms with E-state index in [2.05, 4.69) is 14.7 Å². The lowest BCUT2D eigenvalue weighted by Crippen LogP contribution is -2.14. The zero-order valence-electron chi connectivity index (χ0n) is 10.8. The second-order valence-corrected chi connectivity index (χ2v) is 5.92. The molecule has 0 aliphatic heterocycles. The van der Waals surface area contributed by atoms with Crippen LogP contribution in [0.4, 0.5) is 5.95 Å². The summed E-state index contributed by atoms with van der Waals surface area (Å²) in [6.07, 6.45) is 2.84. The van der Waals surface area contributed by atoms with Gasteiger partial charge in [0, 0.05) is 25.5 Å². The summed E-state index contributed by atoms with van der Waals surface area (Å²) in [5.74, 6) is -0.592. The summed E-state index contributed by atoms with van der Waals surface area (Å²) in [7, 11) is -2.31. The van der Waals surface area contributed by atoms with E-state index in [1.54, 1.807) is 13.1 Å². The molecule has 0 saturated heterocycles. The number of oxazole rings is 1. The summed E-state index contributed by atoms with van der Waals surface area (Å²) in [6, 6.07) is 5.73. The molecule has 0 aliphatic rings. The molecular weight excluding hydrogens is 296 g/mol. The van der Waals surface area contributed by atoms with Crippen molar-refractivity contribution in [2.75, 3.05) is 4.72 Å². The van der Waals surface area contributed by atoms with Crippen LogP contribution in [0, 0.1) is 0 Å². The molecule has 3 rings (SSSR count). The van der Waals surface area contributed by atoms with Crippen LogP contribution in [-0.4, -0.2) is 23.0 Å². The maximum atomic E-state index is 12.2. The van der Waals surface area contributed by atoms with Crippen LogP contribution in [0.2, 0.25) is 0 Å². The predicted octanol–water partition coefficient (Wildman–Crippen LogP) is 0.722. The van der Waals surface area contributed by atoms with E-state index in [1.165, 1.54) is 35.2 Å². The van der Waals surface area contributed by atoms with Crippen LogP contribution in [-0.2, 0) is 17.1 Å². The van der Waals surface area contributed by atoms with Gasteiger partial charge in [0.2, 0.25) is 5.95 Å². The number of nitrogens with zero attached hydrogens (tertiary/aromatic N) is 3. The molecule has 0 radical (unpaired) electrons. The van der Waals surface area contributed by atoms with E-state index >= 15 is 0 Å². The largest absolute Gasteiger partial charge is 0.419 e. The fourth-order valence-electron chi connectivity index (χ4n) is 1.81. The van der Waals surface area contributed by atoms with Crippen molar-refractivity contribution >= 4 is 27.1 Å². The molecule has 0 fully saturated rings. The quantitative estimate of drug-likeness (QED) is 0.764. The molecule has 0 amide bonds. The van der Waals surface area contributed by atoms with E-state index < -0.39 is 15.8 Å². The summed E-state index contributed by atoms with van der Waals surface area (Å²) in [6.45, 7) is 0. The van der Waals surface area contributed by atoms with Gasteiger partial charge in [0.15, 0.2) is 5.58 Å². The highest BCUT2D eigenvalue weighted by Gasteiger charge is 2.17. The average Bonchev–Trinajstić information content (AvgIpc) is 2.74. The van der Waals surface area contributed by atoms with Gasteiger partial charge in [-0.15, -0.1) is 0 Å². The summed E-state index contributed by atoms with van der Waals surface area (Å²) >= 11 is 0. The molecule has 1 aromatic carbocycles. The third kappa shape index (κ3) is 2.38. The second kappa shape index (κ2) is 4.70. The van der Waals surface area contributed by atoms with E-state index in [1.807, 2.05) is 0 Å². The van der Waals surface area contributed by atoms with Crippen molar-refractivity contribution in [1.29, 1.82) is 0 Å². The Hall–Kier alpha value is -2.68. The maximum absolute atomic E-state index is 12.2. The van der Waals surface area contributed by atoms with E-state index in [-0.39, 0.29) is 16.4 Å². The molecular formula is C12H10N4O4S. The van der Waals surface area contributed by atoms with Crippen LogP contribution in [0.15, 0.2) is 50.8 Å². The van der Waals surface area contributed by atoms with Crippen LogP contribution in [0.1, 0.15) is 0 Å². The number of hydrogen-bond acceptors (Lipinski definition) is 6. The Balaban J connectivity index is 2.05. The first kappa shape index (κ1) is 13.3. The standard InChI is InChI=1S/C12H10N4O4S/c1-16-9-4-3-8(7-10(9)20-12(16)17)21(18,19)15-11-13-5-2-6-14-11/h2-7H,1H3,(H,13,14,15). The highest BCUT2D eigenvalue weighted by molar-refractivity contribution is 7.92. The van der Waals surface area contributed by atoms with Crippen molar-refractivity contribution < 1.29 is 12.8 Å². The minimum atomic E-state index is -3.85. The number of benzene rings is 1. The Labute approximate surface area is 119 Å². The summed E-state index contributed by atoms with van der Waals surface area (Å²) in [5.41, 5.74) is 0.703. The molecule has 0 unspecified atom stereocenters. The average molecular weight is 306 g/mol. The van der Waals surface area contributed by atoms with Crippen molar-refractivity contribution in [1.82, 2.24) is 14.5 Å². The first-order valence-corrected chi connectivity index (χ1v) is 7.35.